The Labute approximate surface area is 299 Å². The molecule has 2 aromatic carbocycles. The minimum atomic E-state index is -0.382. The standard InChI is InChI=1S/C44H62ClN2P/c1-30(2)21-22-40-39(20-15-23-44(40,45)48(37-16-11-9-12-17-37)38-18-13-10-14-19-38)43-46(41-33(5)26-31(3)27-34(41)6)24-25-47(43)42-35(7)28-32(4)29-36(42)8/h21-22,26-29,37-38H,9-20,23-25H2,1-8H3. The lowest BCUT2D eigenvalue weighted by molar-refractivity contribution is 0.476. The van der Waals surface area contributed by atoms with Crippen LogP contribution in [-0.4, -0.2) is 29.0 Å². The van der Waals surface area contributed by atoms with E-state index < -0.39 is 0 Å². The molecule has 3 saturated carbocycles. The first-order valence-corrected chi connectivity index (χ1v) is 21.1. The van der Waals surface area contributed by atoms with Gasteiger partial charge in [-0.25, -0.2) is 0 Å². The van der Waals surface area contributed by atoms with Crippen LogP contribution in [0.4, 0.5) is 11.4 Å². The van der Waals surface area contributed by atoms with Gasteiger partial charge in [0, 0.05) is 24.5 Å². The van der Waals surface area contributed by atoms with Crippen molar-refractivity contribution < 1.29 is 0 Å². The van der Waals surface area contributed by atoms with E-state index in [1.54, 1.807) is 0 Å². The molecular formula is C44H62ClN2P. The molecule has 0 aromatic heterocycles. The van der Waals surface area contributed by atoms with Crippen molar-refractivity contribution in [1.29, 1.82) is 0 Å². The fraction of sp³-hybridized carbons (Fsp3) is 0.591. The van der Waals surface area contributed by atoms with Crippen molar-refractivity contribution >= 4 is 30.9 Å². The van der Waals surface area contributed by atoms with Gasteiger partial charge < -0.3 is 9.80 Å². The lowest BCUT2D eigenvalue weighted by atomic mass is 9.87. The molecule has 1 atom stereocenters. The van der Waals surface area contributed by atoms with E-state index in [9.17, 15) is 0 Å². The second-order valence-corrected chi connectivity index (χ2v) is 20.0. The minimum absolute atomic E-state index is 0.277. The van der Waals surface area contributed by atoms with Crippen molar-refractivity contribution in [3.63, 3.8) is 0 Å². The number of rotatable bonds is 6. The Bertz CT molecular complexity index is 1450. The first-order chi connectivity index (χ1) is 23.0. The van der Waals surface area contributed by atoms with E-state index in [-0.39, 0.29) is 12.5 Å². The van der Waals surface area contributed by atoms with Gasteiger partial charge in [-0.05, 0) is 145 Å². The highest BCUT2D eigenvalue weighted by Gasteiger charge is 2.51. The van der Waals surface area contributed by atoms with Crippen LogP contribution in [0.25, 0.3) is 0 Å². The molecule has 260 valence electrons. The first kappa shape index (κ1) is 35.8. The third kappa shape index (κ3) is 7.10. The predicted molar refractivity (Wildman–Crippen MR) is 214 cm³/mol. The molecule has 0 spiro atoms. The van der Waals surface area contributed by atoms with Crippen LogP contribution in [0.2, 0.25) is 0 Å². The fourth-order valence-electron chi connectivity index (χ4n) is 10.1. The number of hydrogen-bond acceptors (Lipinski definition) is 2. The maximum atomic E-state index is 8.54. The van der Waals surface area contributed by atoms with E-state index in [2.05, 4.69) is 102 Å². The molecule has 6 rings (SSSR count). The summed E-state index contributed by atoms with van der Waals surface area (Å²) >= 11 is 8.54. The lowest BCUT2D eigenvalue weighted by Crippen LogP contribution is -2.38. The van der Waals surface area contributed by atoms with Gasteiger partial charge in [0.1, 0.15) is 5.82 Å². The number of halogens is 1. The molecule has 4 heteroatoms. The second-order valence-electron chi connectivity index (χ2n) is 16.0. The molecule has 2 nitrogen and oxygen atoms in total. The summed E-state index contributed by atoms with van der Waals surface area (Å²) in [5, 5.41) is 0. The van der Waals surface area contributed by atoms with E-state index in [0.717, 1.165) is 37.2 Å². The average Bonchev–Trinajstić information content (AvgIpc) is 3.44. The Morgan fingerprint density at radius 1 is 0.688 bits per heavy atom. The third-order valence-electron chi connectivity index (χ3n) is 11.7. The number of allylic oxidation sites excluding steroid dienone is 5. The van der Waals surface area contributed by atoms with Crippen molar-refractivity contribution in [2.45, 2.75) is 155 Å². The molecule has 4 fully saturated rings. The molecule has 1 heterocycles. The molecule has 4 aliphatic rings. The molecule has 0 bridgehead atoms. The molecule has 3 aliphatic carbocycles. The van der Waals surface area contributed by atoms with Crippen LogP contribution >= 0.6 is 19.5 Å². The fourth-order valence-corrected chi connectivity index (χ4v) is 15.7. The predicted octanol–water partition coefficient (Wildman–Crippen LogP) is 13.2. The number of hydrogen-bond donors (Lipinski definition) is 0. The van der Waals surface area contributed by atoms with Gasteiger partial charge in [-0.3, -0.25) is 0 Å². The summed E-state index contributed by atoms with van der Waals surface area (Å²) in [6, 6.07) is 9.53. The van der Waals surface area contributed by atoms with Crippen LogP contribution < -0.4 is 9.80 Å². The van der Waals surface area contributed by atoms with Crippen LogP contribution in [-0.2, 0) is 0 Å². The Hall–Kier alpha value is -2.02. The van der Waals surface area contributed by atoms with Crippen LogP contribution in [0.1, 0.15) is 131 Å². The number of nitrogens with zero attached hydrogens (tertiary/aromatic N) is 2. The summed E-state index contributed by atoms with van der Waals surface area (Å²) < 4.78 is -0.277. The lowest BCUT2D eigenvalue weighted by Gasteiger charge is -2.51. The van der Waals surface area contributed by atoms with Crippen LogP contribution in [0.5, 0.6) is 0 Å². The molecule has 2 aromatic rings. The van der Waals surface area contributed by atoms with Gasteiger partial charge in [0.15, 0.2) is 0 Å². The molecule has 1 saturated heterocycles. The number of benzene rings is 2. The van der Waals surface area contributed by atoms with Gasteiger partial charge in [0.25, 0.3) is 0 Å². The second kappa shape index (κ2) is 15.1. The van der Waals surface area contributed by atoms with Crippen molar-refractivity contribution in [3.05, 3.63) is 92.3 Å². The summed E-state index contributed by atoms with van der Waals surface area (Å²) in [5.41, 5.74) is 16.9. The molecular weight excluding hydrogens is 623 g/mol. The van der Waals surface area contributed by atoms with Gasteiger partial charge in [0.2, 0.25) is 0 Å². The van der Waals surface area contributed by atoms with Gasteiger partial charge >= 0.3 is 0 Å². The Balaban J connectivity index is 1.61. The highest BCUT2D eigenvalue weighted by molar-refractivity contribution is 7.63. The van der Waals surface area contributed by atoms with Crippen molar-refractivity contribution in [2.24, 2.45) is 0 Å². The van der Waals surface area contributed by atoms with E-state index >= 15 is 0 Å². The Kier molecular flexibility index (Phi) is 11.2. The topological polar surface area (TPSA) is 6.48 Å². The molecule has 48 heavy (non-hydrogen) atoms. The molecule has 1 aliphatic heterocycles. The van der Waals surface area contributed by atoms with E-state index in [1.165, 1.54) is 138 Å². The first-order valence-electron chi connectivity index (χ1n) is 19.3. The molecule has 1 unspecified atom stereocenters. The SMILES string of the molecule is CC(C)=CC=C1C(=C2N(c3c(C)cc(C)cc3C)CCN2c2c(C)cc(C)cc2C)CCCC1(Cl)P(C1CCCCC1)C1CCCCC1. The Morgan fingerprint density at radius 3 is 1.54 bits per heavy atom. The van der Waals surface area contributed by atoms with Gasteiger partial charge in [-0.2, -0.15) is 0 Å². The monoisotopic (exact) mass is 684 g/mol. The summed E-state index contributed by atoms with van der Waals surface area (Å²) in [6.07, 6.45) is 22.2. The van der Waals surface area contributed by atoms with E-state index in [1.807, 2.05) is 0 Å². The zero-order valence-electron chi connectivity index (χ0n) is 31.4. The normalized spacial score (nSPS) is 23.9. The van der Waals surface area contributed by atoms with Gasteiger partial charge in [-0.15, -0.1) is 11.6 Å². The molecule has 0 radical (unpaired) electrons. The third-order valence-corrected chi connectivity index (χ3v) is 16.6. The highest BCUT2D eigenvalue weighted by Crippen LogP contribution is 2.71. The molecule has 0 N–H and O–H groups in total. The maximum Gasteiger partial charge on any atom is 0.117 e. The number of anilines is 2. The summed E-state index contributed by atoms with van der Waals surface area (Å²) in [7, 11) is -0.382. The molecule has 0 amide bonds. The van der Waals surface area contributed by atoms with E-state index in [0.29, 0.717) is 0 Å². The van der Waals surface area contributed by atoms with Gasteiger partial charge in [-0.1, -0.05) is 99.6 Å². The van der Waals surface area contributed by atoms with Crippen molar-refractivity contribution in [2.75, 3.05) is 22.9 Å². The summed E-state index contributed by atoms with van der Waals surface area (Å²) in [5.74, 6) is 1.40. The minimum Gasteiger partial charge on any atom is -0.325 e. The summed E-state index contributed by atoms with van der Waals surface area (Å²) in [4.78, 5) is 5.42. The van der Waals surface area contributed by atoms with Crippen LogP contribution in [0.15, 0.2) is 59.0 Å². The van der Waals surface area contributed by atoms with Gasteiger partial charge in [0.05, 0.1) is 4.62 Å². The average molecular weight is 685 g/mol. The van der Waals surface area contributed by atoms with E-state index in [4.69, 9.17) is 11.6 Å². The summed E-state index contributed by atoms with van der Waals surface area (Å²) in [6.45, 7) is 20.2. The zero-order valence-corrected chi connectivity index (χ0v) is 33.1. The zero-order chi connectivity index (χ0) is 34.2. The van der Waals surface area contributed by atoms with Crippen molar-refractivity contribution in [3.8, 4) is 0 Å². The number of aryl methyl sites for hydroxylation is 6. The van der Waals surface area contributed by atoms with Crippen molar-refractivity contribution in [1.82, 2.24) is 0 Å². The quantitative estimate of drug-likeness (QED) is 0.221. The maximum absolute atomic E-state index is 8.54. The number of alkyl halides is 1. The Morgan fingerprint density at radius 2 is 1.12 bits per heavy atom. The van der Waals surface area contributed by atoms with Crippen LogP contribution in [0.3, 0.4) is 0 Å². The highest BCUT2D eigenvalue weighted by atomic mass is 35.5. The smallest absolute Gasteiger partial charge is 0.117 e. The van der Waals surface area contributed by atoms with Crippen LogP contribution in [0, 0.1) is 41.5 Å². The largest absolute Gasteiger partial charge is 0.325 e.